The summed E-state index contributed by atoms with van der Waals surface area (Å²) >= 11 is 6.01. The maximum Gasteiger partial charge on any atom is 0.318 e. The maximum atomic E-state index is 11.9. The van der Waals surface area contributed by atoms with Crippen LogP contribution in [0.25, 0.3) is 0 Å². The summed E-state index contributed by atoms with van der Waals surface area (Å²) in [6.07, 6.45) is 3.36. The van der Waals surface area contributed by atoms with Gasteiger partial charge in [-0.05, 0) is 11.6 Å². The molecule has 0 unspecified atom stereocenters. The van der Waals surface area contributed by atoms with Crippen molar-refractivity contribution in [2.45, 2.75) is 6.54 Å². The minimum atomic E-state index is -0.158. The van der Waals surface area contributed by atoms with Gasteiger partial charge in [0.25, 0.3) is 0 Å². The van der Waals surface area contributed by atoms with Gasteiger partial charge in [0.2, 0.25) is 0 Å². The Bertz CT molecular complexity index is 422. The first-order valence-electron chi connectivity index (χ1n) is 5.67. The molecule has 0 spiro atoms. The number of urea groups is 1. The lowest BCUT2D eigenvalue weighted by Crippen LogP contribution is -2.39. The highest BCUT2D eigenvalue weighted by Crippen LogP contribution is 2.14. The molecule has 0 atom stereocenters. The summed E-state index contributed by atoms with van der Waals surface area (Å²) in [6.45, 7) is 8.62. The molecule has 2 amide bonds. The number of carbonyl (C=O) groups is 1. The van der Waals surface area contributed by atoms with E-state index in [0.29, 0.717) is 24.7 Å². The van der Waals surface area contributed by atoms with Gasteiger partial charge in [-0.2, -0.15) is 0 Å². The zero-order chi connectivity index (χ0) is 13.4. The second-order valence-corrected chi connectivity index (χ2v) is 4.14. The van der Waals surface area contributed by atoms with E-state index in [1.165, 1.54) is 0 Å². The molecule has 1 aromatic rings. The van der Waals surface area contributed by atoms with Crippen LogP contribution in [0, 0.1) is 0 Å². The summed E-state index contributed by atoms with van der Waals surface area (Å²) in [4.78, 5) is 13.5. The lowest BCUT2D eigenvalue weighted by Gasteiger charge is -2.20. The van der Waals surface area contributed by atoms with Crippen LogP contribution in [-0.2, 0) is 6.54 Å². The van der Waals surface area contributed by atoms with Crippen molar-refractivity contribution in [2.75, 3.05) is 13.1 Å². The van der Waals surface area contributed by atoms with E-state index in [1.807, 2.05) is 18.2 Å². The number of nitrogens with zero attached hydrogens (tertiary/aromatic N) is 1. The van der Waals surface area contributed by atoms with Crippen LogP contribution in [0.5, 0.6) is 0 Å². The minimum Gasteiger partial charge on any atom is -0.334 e. The third kappa shape index (κ3) is 4.26. The molecule has 1 rings (SSSR count). The van der Waals surface area contributed by atoms with Gasteiger partial charge in [-0.3, -0.25) is 0 Å². The quantitative estimate of drug-likeness (QED) is 0.786. The van der Waals surface area contributed by atoms with E-state index < -0.39 is 0 Å². The first-order valence-corrected chi connectivity index (χ1v) is 6.04. The minimum absolute atomic E-state index is 0.158. The molecule has 96 valence electrons. The molecular weight excluding hydrogens is 248 g/mol. The van der Waals surface area contributed by atoms with Crippen LogP contribution in [0.15, 0.2) is 49.6 Å². The highest BCUT2D eigenvalue weighted by Gasteiger charge is 2.10. The van der Waals surface area contributed by atoms with Gasteiger partial charge in [0.15, 0.2) is 0 Å². The third-order valence-electron chi connectivity index (χ3n) is 2.37. The lowest BCUT2D eigenvalue weighted by atomic mass is 10.2. The molecule has 0 bridgehead atoms. The Kier molecular flexibility index (Phi) is 6.01. The first kappa shape index (κ1) is 14.3. The van der Waals surface area contributed by atoms with Gasteiger partial charge in [0.1, 0.15) is 0 Å². The van der Waals surface area contributed by atoms with E-state index in [1.54, 1.807) is 23.1 Å². The Morgan fingerprint density at radius 1 is 1.28 bits per heavy atom. The van der Waals surface area contributed by atoms with E-state index in [4.69, 9.17) is 11.6 Å². The van der Waals surface area contributed by atoms with Gasteiger partial charge in [-0.25, -0.2) is 4.79 Å². The van der Waals surface area contributed by atoms with Gasteiger partial charge in [0, 0.05) is 24.7 Å². The summed E-state index contributed by atoms with van der Waals surface area (Å²) in [5.41, 5.74) is 0.893. The maximum absolute atomic E-state index is 11.9. The van der Waals surface area contributed by atoms with Crippen molar-refractivity contribution in [1.82, 2.24) is 10.2 Å². The van der Waals surface area contributed by atoms with Crippen LogP contribution in [0.1, 0.15) is 5.56 Å². The Hall–Kier alpha value is -1.74. The number of hydrogen-bond donors (Lipinski definition) is 1. The number of nitrogens with one attached hydrogen (secondary N) is 1. The lowest BCUT2D eigenvalue weighted by molar-refractivity contribution is 0.208. The summed E-state index contributed by atoms with van der Waals surface area (Å²) in [5.74, 6) is 0. The summed E-state index contributed by atoms with van der Waals surface area (Å²) < 4.78 is 0. The molecule has 0 saturated carbocycles. The molecule has 0 aliphatic heterocycles. The molecule has 1 aromatic carbocycles. The molecule has 0 aliphatic carbocycles. The Labute approximate surface area is 113 Å². The third-order valence-corrected chi connectivity index (χ3v) is 2.74. The summed E-state index contributed by atoms with van der Waals surface area (Å²) in [7, 11) is 0. The fourth-order valence-electron chi connectivity index (χ4n) is 1.48. The highest BCUT2D eigenvalue weighted by atomic mass is 35.5. The Morgan fingerprint density at radius 3 is 2.44 bits per heavy atom. The normalized spacial score (nSPS) is 9.61. The van der Waals surface area contributed by atoms with E-state index >= 15 is 0 Å². The number of rotatable bonds is 6. The molecule has 18 heavy (non-hydrogen) atoms. The number of hydrogen-bond acceptors (Lipinski definition) is 1. The van der Waals surface area contributed by atoms with Crippen molar-refractivity contribution < 1.29 is 4.79 Å². The van der Waals surface area contributed by atoms with E-state index in [9.17, 15) is 4.79 Å². The van der Waals surface area contributed by atoms with Crippen molar-refractivity contribution in [3.63, 3.8) is 0 Å². The van der Waals surface area contributed by atoms with Crippen molar-refractivity contribution >= 4 is 17.6 Å². The molecule has 1 N–H and O–H groups in total. The van der Waals surface area contributed by atoms with Crippen LogP contribution in [0.4, 0.5) is 4.79 Å². The predicted molar refractivity (Wildman–Crippen MR) is 75.7 cm³/mol. The molecule has 0 aliphatic rings. The molecular formula is C14H17ClN2O. The van der Waals surface area contributed by atoms with Crippen molar-refractivity contribution in [2.24, 2.45) is 0 Å². The number of benzene rings is 1. The smallest absolute Gasteiger partial charge is 0.318 e. The van der Waals surface area contributed by atoms with Crippen molar-refractivity contribution in [3.05, 3.63) is 60.2 Å². The molecule has 0 radical (unpaired) electrons. The molecule has 0 heterocycles. The van der Waals surface area contributed by atoms with E-state index in [0.717, 1.165) is 5.56 Å². The summed E-state index contributed by atoms with van der Waals surface area (Å²) in [5, 5.41) is 3.47. The zero-order valence-electron chi connectivity index (χ0n) is 10.2. The van der Waals surface area contributed by atoms with Crippen LogP contribution in [-0.4, -0.2) is 24.0 Å². The Morgan fingerprint density at radius 2 is 1.89 bits per heavy atom. The number of halogens is 1. The average molecular weight is 265 g/mol. The van der Waals surface area contributed by atoms with E-state index in [-0.39, 0.29) is 6.03 Å². The van der Waals surface area contributed by atoms with Gasteiger partial charge in [0.05, 0.1) is 0 Å². The SMILES string of the molecule is C=CCN(CC=C)C(=O)NCc1ccccc1Cl. The predicted octanol–water partition coefficient (Wildman–Crippen LogP) is 3.22. The molecule has 4 heteroatoms. The zero-order valence-corrected chi connectivity index (χ0v) is 11.0. The van der Waals surface area contributed by atoms with Gasteiger partial charge in [-0.1, -0.05) is 42.0 Å². The monoisotopic (exact) mass is 264 g/mol. The molecule has 0 saturated heterocycles. The van der Waals surface area contributed by atoms with Gasteiger partial charge >= 0.3 is 6.03 Å². The molecule has 0 aromatic heterocycles. The van der Waals surface area contributed by atoms with Crippen LogP contribution in [0.3, 0.4) is 0 Å². The van der Waals surface area contributed by atoms with E-state index in [2.05, 4.69) is 18.5 Å². The van der Waals surface area contributed by atoms with Crippen LogP contribution >= 0.6 is 11.6 Å². The van der Waals surface area contributed by atoms with Crippen LogP contribution < -0.4 is 5.32 Å². The highest BCUT2D eigenvalue weighted by molar-refractivity contribution is 6.31. The van der Waals surface area contributed by atoms with Crippen molar-refractivity contribution in [3.8, 4) is 0 Å². The molecule has 0 fully saturated rings. The van der Waals surface area contributed by atoms with Crippen LogP contribution in [0.2, 0.25) is 5.02 Å². The molecule has 3 nitrogen and oxygen atoms in total. The number of carbonyl (C=O) groups excluding carboxylic acids is 1. The fraction of sp³-hybridized carbons (Fsp3) is 0.214. The second kappa shape index (κ2) is 7.56. The fourth-order valence-corrected chi connectivity index (χ4v) is 1.68. The second-order valence-electron chi connectivity index (χ2n) is 3.73. The van der Waals surface area contributed by atoms with Gasteiger partial charge in [-0.15, -0.1) is 13.2 Å². The standard InChI is InChI=1S/C14H17ClN2O/c1-3-9-17(10-4-2)14(18)16-11-12-7-5-6-8-13(12)15/h3-8H,1-2,9-11H2,(H,16,18). The largest absolute Gasteiger partial charge is 0.334 e. The summed E-state index contributed by atoms with van der Waals surface area (Å²) in [6, 6.07) is 7.27. The number of amides is 2. The first-order chi connectivity index (χ1) is 8.69. The Balaban J connectivity index is 2.56. The average Bonchev–Trinajstić information content (AvgIpc) is 2.37. The topological polar surface area (TPSA) is 32.3 Å². The van der Waals surface area contributed by atoms with Crippen molar-refractivity contribution in [1.29, 1.82) is 0 Å². The van der Waals surface area contributed by atoms with Gasteiger partial charge < -0.3 is 10.2 Å².